The summed E-state index contributed by atoms with van der Waals surface area (Å²) in [5.41, 5.74) is 6.58. The average molecular weight is 319 g/mol. The molecule has 5 nitrogen and oxygen atoms in total. The second-order valence-electron chi connectivity index (χ2n) is 5.09. The molecule has 0 radical (unpaired) electrons. The largest absolute Gasteiger partial charge is 0.397 e. The van der Waals surface area contributed by atoms with Gasteiger partial charge in [0, 0.05) is 13.7 Å². The van der Waals surface area contributed by atoms with E-state index < -0.39 is 10.0 Å². The molecule has 7 heteroatoms. The van der Waals surface area contributed by atoms with Gasteiger partial charge in [0.1, 0.15) is 0 Å². The standard InChI is InChI=1S/C13H19ClN2O3S/c1-8-6-10(14)11(15)7-13(8)20(17,18)16(3)12-4-5-19-9(12)2/h6-7,9,12H,4-5,15H2,1-3H3. The van der Waals surface area contributed by atoms with Gasteiger partial charge in [0.2, 0.25) is 10.0 Å². The van der Waals surface area contributed by atoms with Crippen molar-refractivity contribution in [1.82, 2.24) is 4.31 Å². The van der Waals surface area contributed by atoms with Crippen LogP contribution in [0.3, 0.4) is 0 Å². The van der Waals surface area contributed by atoms with Gasteiger partial charge in [-0.25, -0.2) is 8.42 Å². The number of sulfonamides is 1. The van der Waals surface area contributed by atoms with Crippen LogP contribution in [0.1, 0.15) is 18.9 Å². The van der Waals surface area contributed by atoms with Crippen LogP contribution in [0, 0.1) is 6.92 Å². The SMILES string of the molecule is Cc1cc(Cl)c(N)cc1S(=O)(=O)N(C)C1CCOC1C. The number of nitrogens with zero attached hydrogens (tertiary/aromatic N) is 1. The zero-order chi connectivity index (χ0) is 15.1. The summed E-state index contributed by atoms with van der Waals surface area (Å²) in [6.07, 6.45) is 0.582. The summed E-state index contributed by atoms with van der Waals surface area (Å²) < 4.78 is 32.3. The van der Waals surface area contributed by atoms with Crippen LogP contribution in [0.4, 0.5) is 5.69 Å². The molecule has 2 N–H and O–H groups in total. The van der Waals surface area contributed by atoms with Gasteiger partial charge in [-0.05, 0) is 38.0 Å². The fourth-order valence-corrected chi connectivity index (χ4v) is 4.38. The Hall–Kier alpha value is -0.820. The minimum Gasteiger partial charge on any atom is -0.397 e. The Labute approximate surface area is 124 Å². The number of halogens is 1. The number of anilines is 1. The molecule has 0 saturated carbocycles. The molecule has 1 heterocycles. The normalized spacial score (nSPS) is 23.4. The van der Waals surface area contributed by atoms with Gasteiger partial charge in [-0.15, -0.1) is 0 Å². The molecular weight excluding hydrogens is 300 g/mol. The number of nitrogens with two attached hydrogens (primary N) is 1. The first-order chi connectivity index (χ1) is 9.25. The van der Waals surface area contributed by atoms with Gasteiger partial charge < -0.3 is 10.5 Å². The van der Waals surface area contributed by atoms with E-state index in [4.69, 9.17) is 22.1 Å². The maximum absolute atomic E-state index is 12.7. The Balaban J connectivity index is 2.42. The number of hydrogen-bond donors (Lipinski definition) is 1. The highest BCUT2D eigenvalue weighted by Crippen LogP contribution is 2.30. The zero-order valence-electron chi connectivity index (χ0n) is 11.8. The Kier molecular flexibility index (Phi) is 4.30. The third-order valence-corrected chi connectivity index (χ3v) is 6.11. The van der Waals surface area contributed by atoms with E-state index in [0.717, 1.165) is 0 Å². The van der Waals surface area contributed by atoms with Gasteiger partial charge in [0.15, 0.2) is 0 Å². The fraction of sp³-hybridized carbons (Fsp3) is 0.538. The monoisotopic (exact) mass is 318 g/mol. The molecule has 1 saturated heterocycles. The van der Waals surface area contributed by atoms with Crippen LogP contribution in [0.25, 0.3) is 0 Å². The summed E-state index contributed by atoms with van der Waals surface area (Å²) in [5, 5.41) is 0.363. The third-order valence-electron chi connectivity index (χ3n) is 3.75. The van der Waals surface area contributed by atoms with Crippen molar-refractivity contribution in [1.29, 1.82) is 0 Å². The molecule has 1 aromatic carbocycles. The molecule has 20 heavy (non-hydrogen) atoms. The van der Waals surface area contributed by atoms with E-state index in [1.807, 2.05) is 6.92 Å². The maximum atomic E-state index is 12.7. The molecule has 0 aliphatic carbocycles. The Bertz CT molecular complexity index is 618. The van der Waals surface area contributed by atoms with Crippen molar-refractivity contribution in [3.05, 3.63) is 22.7 Å². The van der Waals surface area contributed by atoms with Crippen LogP contribution in [0.5, 0.6) is 0 Å². The molecule has 2 rings (SSSR count). The molecule has 0 spiro atoms. The number of hydrogen-bond acceptors (Lipinski definition) is 4. The molecule has 112 valence electrons. The van der Waals surface area contributed by atoms with Crippen LogP contribution >= 0.6 is 11.6 Å². The predicted octanol–water partition coefficient (Wildman–Crippen LogP) is 2.03. The summed E-state index contributed by atoms with van der Waals surface area (Å²) >= 11 is 5.91. The smallest absolute Gasteiger partial charge is 0.243 e. The van der Waals surface area contributed by atoms with E-state index in [1.165, 1.54) is 10.4 Å². The number of ether oxygens (including phenoxy) is 1. The third kappa shape index (κ3) is 2.65. The lowest BCUT2D eigenvalue weighted by atomic mass is 10.2. The molecule has 0 aromatic heterocycles. The topological polar surface area (TPSA) is 72.6 Å². The number of aryl methyl sites for hydroxylation is 1. The van der Waals surface area contributed by atoms with Crippen molar-refractivity contribution in [2.45, 2.75) is 37.3 Å². The summed E-state index contributed by atoms with van der Waals surface area (Å²) in [7, 11) is -2.03. The predicted molar refractivity (Wildman–Crippen MR) is 79.4 cm³/mol. The number of rotatable bonds is 3. The lowest BCUT2D eigenvalue weighted by molar-refractivity contribution is 0.102. The second-order valence-corrected chi connectivity index (χ2v) is 7.47. The molecule has 1 aromatic rings. The second kappa shape index (κ2) is 5.52. The molecule has 1 aliphatic heterocycles. The number of nitrogen functional groups attached to an aromatic ring is 1. The molecule has 0 bridgehead atoms. The first-order valence-corrected chi connectivity index (χ1v) is 8.22. The number of likely N-dealkylation sites (N-methyl/N-ethyl adjacent to an activating group) is 1. The van der Waals surface area contributed by atoms with Gasteiger partial charge in [-0.2, -0.15) is 4.31 Å². The minimum absolute atomic E-state index is 0.111. The molecular formula is C13H19ClN2O3S. The van der Waals surface area contributed by atoms with Gasteiger partial charge in [-0.1, -0.05) is 11.6 Å². The number of benzene rings is 1. The lowest BCUT2D eigenvalue weighted by Crippen LogP contribution is -2.41. The van der Waals surface area contributed by atoms with Crippen molar-refractivity contribution >= 4 is 27.3 Å². The first-order valence-electron chi connectivity index (χ1n) is 6.40. The van der Waals surface area contributed by atoms with Gasteiger partial charge in [0.25, 0.3) is 0 Å². The van der Waals surface area contributed by atoms with E-state index in [2.05, 4.69) is 0 Å². The lowest BCUT2D eigenvalue weighted by Gasteiger charge is -2.26. The van der Waals surface area contributed by atoms with Crippen molar-refractivity contribution < 1.29 is 13.2 Å². The maximum Gasteiger partial charge on any atom is 0.243 e. The highest BCUT2D eigenvalue weighted by molar-refractivity contribution is 7.89. The first kappa shape index (κ1) is 15.6. The zero-order valence-corrected chi connectivity index (χ0v) is 13.3. The van der Waals surface area contributed by atoms with Crippen LogP contribution in [-0.2, 0) is 14.8 Å². The summed E-state index contributed by atoms with van der Waals surface area (Å²) in [5.74, 6) is 0. The minimum atomic E-state index is -3.61. The van der Waals surface area contributed by atoms with Gasteiger partial charge >= 0.3 is 0 Å². The van der Waals surface area contributed by atoms with E-state index in [-0.39, 0.29) is 22.7 Å². The summed E-state index contributed by atoms with van der Waals surface area (Å²) in [4.78, 5) is 0.195. The molecule has 2 atom stereocenters. The van der Waals surface area contributed by atoms with Crippen molar-refractivity contribution in [3.8, 4) is 0 Å². The highest BCUT2D eigenvalue weighted by atomic mass is 35.5. The molecule has 1 fully saturated rings. The molecule has 0 amide bonds. The Morgan fingerprint density at radius 1 is 1.45 bits per heavy atom. The van der Waals surface area contributed by atoms with Gasteiger partial charge in [-0.3, -0.25) is 0 Å². The summed E-state index contributed by atoms with van der Waals surface area (Å²) in [6.45, 7) is 4.17. The summed E-state index contributed by atoms with van der Waals surface area (Å²) in [6, 6.07) is 2.84. The van der Waals surface area contributed by atoms with Crippen molar-refractivity contribution in [2.75, 3.05) is 19.4 Å². The molecule has 1 aliphatic rings. The van der Waals surface area contributed by atoms with Crippen LogP contribution in [-0.4, -0.2) is 38.5 Å². The van der Waals surface area contributed by atoms with Crippen molar-refractivity contribution in [2.24, 2.45) is 0 Å². The van der Waals surface area contributed by atoms with E-state index in [1.54, 1.807) is 20.0 Å². The van der Waals surface area contributed by atoms with Crippen LogP contribution in [0.2, 0.25) is 5.02 Å². The van der Waals surface area contributed by atoms with E-state index in [0.29, 0.717) is 23.6 Å². The highest BCUT2D eigenvalue weighted by Gasteiger charge is 2.36. The van der Waals surface area contributed by atoms with Crippen LogP contribution < -0.4 is 5.73 Å². The Morgan fingerprint density at radius 2 is 2.10 bits per heavy atom. The molecule has 2 unspecified atom stereocenters. The van der Waals surface area contributed by atoms with Crippen LogP contribution in [0.15, 0.2) is 17.0 Å². The van der Waals surface area contributed by atoms with Gasteiger partial charge in [0.05, 0.1) is 27.8 Å². The Morgan fingerprint density at radius 3 is 2.65 bits per heavy atom. The van der Waals surface area contributed by atoms with Crippen molar-refractivity contribution in [3.63, 3.8) is 0 Å². The fourth-order valence-electron chi connectivity index (χ4n) is 2.48. The van der Waals surface area contributed by atoms with E-state index in [9.17, 15) is 8.42 Å². The average Bonchev–Trinajstić information content (AvgIpc) is 2.78. The van der Waals surface area contributed by atoms with E-state index >= 15 is 0 Å². The quantitative estimate of drug-likeness (QED) is 0.865.